The average molecular weight is 360 g/mol. The van der Waals surface area contributed by atoms with Gasteiger partial charge in [-0.05, 0) is 30.5 Å². The van der Waals surface area contributed by atoms with Gasteiger partial charge in [0, 0.05) is 23.8 Å². The molecule has 24 heavy (non-hydrogen) atoms. The lowest BCUT2D eigenvalue weighted by Crippen LogP contribution is -2.32. The SMILES string of the molecule is Cc1ccccc1CSCCNC(=O)[C@@H](C)SCc1ccccc1. The maximum atomic E-state index is 12.1. The fourth-order valence-electron chi connectivity index (χ4n) is 2.22. The van der Waals surface area contributed by atoms with Gasteiger partial charge in [0.1, 0.15) is 0 Å². The predicted molar refractivity (Wildman–Crippen MR) is 108 cm³/mol. The Morgan fingerprint density at radius 3 is 2.50 bits per heavy atom. The first kappa shape index (κ1) is 18.9. The van der Waals surface area contributed by atoms with Gasteiger partial charge in [0.15, 0.2) is 0 Å². The first-order valence-corrected chi connectivity index (χ1v) is 10.4. The molecule has 0 saturated heterocycles. The molecule has 1 N–H and O–H groups in total. The molecule has 2 nitrogen and oxygen atoms in total. The van der Waals surface area contributed by atoms with E-state index in [4.69, 9.17) is 0 Å². The van der Waals surface area contributed by atoms with Crippen LogP contribution < -0.4 is 5.32 Å². The molecular weight excluding hydrogens is 334 g/mol. The first-order valence-electron chi connectivity index (χ1n) is 8.22. The smallest absolute Gasteiger partial charge is 0.232 e. The zero-order chi connectivity index (χ0) is 17.2. The second kappa shape index (κ2) is 10.5. The molecule has 0 heterocycles. The van der Waals surface area contributed by atoms with Crippen molar-refractivity contribution in [1.82, 2.24) is 5.32 Å². The molecule has 2 rings (SSSR count). The highest BCUT2D eigenvalue weighted by molar-refractivity contribution is 7.99. The van der Waals surface area contributed by atoms with Gasteiger partial charge in [0.25, 0.3) is 0 Å². The number of nitrogens with one attached hydrogen (secondary N) is 1. The standard InChI is InChI=1S/C20H25NOS2/c1-16-8-6-7-11-19(16)15-23-13-12-21-20(22)17(2)24-14-18-9-4-3-5-10-18/h3-11,17H,12-15H2,1-2H3,(H,21,22)/t17-/m1/s1. The summed E-state index contributed by atoms with van der Waals surface area (Å²) in [6.07, 6.45) is 0. The Morgan fingerprint density at radius 1 is 1.04 bits per heavy atom. The van der Waals surface area contributed by atoms with E-state index in [1.54, 1.807) is 11.8 Å². The summed E-state index contributed by atoms with van der Waals surface area (Å²) in [7, 11) is 0. The van der Waals surface area contributed by atoms with E-state index in [0.29, 0.717) is 0 Å². The number of benzene rings is 2. The summed E-state index contributed by atoms with van der Waals surface area (Å²) in [6.45, 7) is 4.85. The first-order chi connectivity index (χ1) is 11.7. The number of carbonyl (C=O) groups excluding carboxylic acids is 1. The van der Waals surface area contributed by atoms with Crippen molar-refractivity contribution in [2.45, 2.75) is 30.6 Å². The maximum Gasteiger partial charge on any atom is 0.232 e. The third kappa shape index (κ3) is 6.62. The summed E-state index contributed by atoms with van der Waals surface area (Å²) < 4.78 is 0. The second-order valence-electron chi connectivity index (χ2n) is 5.71. The molecule has 0 saturated carbocycles. The lowest BCUT2D eigenvalue weighted by Gasteiger charge is -2.12. The van der Waals surface area contributed by atoms with Crippen molar-refractivity contribution < 1.29 is 4.79 Å². The van der Waals surface area contributed by atoms with Crippen molar-refractivity contribution in [3.05, 3.63) is 71.3 Å². The van der Waals surface area contributed by atoms with Gasteiger partial charge in [0.2, 0.25) is 5.91 Å². The Bertz CT molecular complexity index is 631. The number of thioether (sulfide) groups is 2. The van der Waals surface area contributed by atoms with E-state index in [1.807, 2.05) is 36.9 Å². The Balaban J connectivity index is 1.59. The third-order valence-corrected chi connectivity index (χ3v) is 6.00. The van der Waals surface area contributed by atoms with Crippen LogP contribution in [0.2, 0.25) is 0 Å². The summed E-state index contributed by atoms with van der Waals surface area (Å²) in [4.78, 5) is 12.1. The summed E-state index contributed by atoms with van der Waals surface area (Å²) in [5.41, 5.74) is 3.97. The molecule has 0 aliphatic heterocycles. The lowest BCUT2D eigenvalue weighted by atomic mass is 10.1. The summed E-state index contributed by atoms with van der Waals surface area (Å²) in [5, 5.41) is 3.02. The van der Waals surface area contributed by atoms with Gasteiger partial charge in [-0.3, -0.25) is 4.79 Å². The fourth-order valence-corrected chi connectivity index (χ4v) is 4.02. The Kier molecular flexibility index (Phi) is 8.26. The molecule has 1 atom stereocenters. The molecule has 128 valence electrons. The molecule has 0 radical (unpaired) electrons. The second-order valence-corrected chi connectivity index (χ2v) is 8.14. The van der Waals surface area contributed by atoms with Crippen LogP contribution in [0.4, 0.5) is 0 Å². The average Bonchev–Trinajstić information content (AvgIpc) is 2.61. The summed E-state index contributed by atoms with van der Waals surface area (Å²) in [6, 6.07) is 18.7. The van der Waals surface area contributed by atoms with Crippen LogP contribution >= 0.6 is 23.5 Å². The van der Waals surface area contributed by atoms with E-state index in [9.17, 15) is 4.79 Å². The lowest BCUT2D eigenvalue weighted by molar-refractivity contribution is -0.120. The predicted octanol–water partition coefficient (Wildman–Crippen LogP) is 4.67. The monoisotopic (exact) mass is 359 g/mol. The van der Waals surface area contributed by atoms with Gasteiger partial charge in [-0.1, -0.05) is 54.6 Å². The summed E-state index contributed by atoms with van der Waals surface area (Å²) >= 11 is 3.54. The van der Waals surface area contributed by atoms with Crippen molar-refractivity contribution in [2.75, 3.05) is 12.3 Å². The van der Waals surface area contributed by atoms with Crippen molar-refractivity contribution >= 4 is 29.4 Å². The molecule has 0 spiro atoms. The highest BCUT2D eigenvalue weighted by atomic mass is 32.2. The van der Waals surface area contributed by atoms with Gasteiger partial charge in [-0.15, -0.1) is 11.8 Å². The molecule has 0 unspecified atom stereocenters. The molecule has 1 amide bonds. The van der Waals surface area contributed by atoms with Crippen molar-refractivity contribution in [3.63, 3.8) is 0 Å². The normalized spacial score (nSPS) is 11.9. The van der Waals surface area contributed by atoms with E-state index >= 15 is 0 Å². The van der Waals surface area contributed by atoms with Gasteiger partial charge in [-0.2, -0.15) is 11.8 Å². The van der Waals surface area contributed by atoms with Crippen LogP contribution in [0.3, 0.4) is 0 Å². The van der Waals surface area contributed by atoms with Crippen molar-refractivity contribution in [3.8, 4) is 0 Å². The minimum atomic E-state index is -0.0217. The van der Waals surface area contributed by atoms with E-state index in [0.717, 1.165) is 23.8 Å². The molecule has 0 fully saturated rings. The Labute approximate surface area is 153 Å². The Hall–Kier alpha value is -1.39. The molecule has 0 aliphatic carbocycles. The molecular formula is C20H25NOS2. The largest absolute Gasteiger partial charge is 0.354 e. The maximum absolute atomic E-state index is 12.1. The fraction of sp³-hybridized carbons (Fsp3) is 0.350. The van der Waals surface area contributed by atoms with E-state index in [-0.39, 0.29) is 11.2 Å². The van der Waals surface area contributed by atoms with Crippen LogP contribution in [0.1, 0.15) is 23.6 Å². The van der Waals surface area contributed by atoms with Crippen LogP contribution in [0, 0.1) is 6.92 Å². The molecule has 0 aromatic heterocycles. The van der Waals surface area contributed by atoms with Gasteiger partial charge < -0.3 is 5.32 Å². The number of carbonyl (C=O) groups is 1. The van der Waals surface area contributed by atoms with Gasteiger partial charge in [0.05, 0.1) is 5.25 Å². The summed E-state index contributed by atoms with van der Waals surface area (Å²) in [5.74, 6) is 2.95. The van der Waals surface area contributed by atoms with Crippen LogP contribution in [0.5, 0.6) is 0 Å². The van der Waals surface area contributed by atoms with E-state index in [1.165, 1.54) is 16.7 Å². The van der Waals surface area contributed by atoms with Crippen molar-refractivity contribution in [1.29, 1.82) is 0 Å². The topological polar surface area (TPSA) is 29.1 Å². The molecule has 4 heteroatoms. The van der Waals surface area contributed by atoms with Crippen LogP contribution in [-0.2, 0) is 16.3 Å². The molecule has 0 aliphatic rings. The molecule has 0 bridgehead atoms. The highest BCUT2D eigenvalue weighted by Gasteiger charge is 2.12. The number of hydrogen-bond donors (Lipinski definition) is 1. The van der Waals surface area contributed by atoms with E-state index < -0.39 is 0 Å². The number of hydrogen-bond acceptors (Lipinski definition) is 3. The zero-order valence-electron chi connectivity index (χ0n) is 14.3. The number of amides is 1. The van der Waals surface area contributed by atoms with E-state index in [2.05, 4.69) is 48.6 Å². The van der Waals surface area contributed by atoms with Gasteiger partial charge >= 0.3 is 0 Å². The molecule has 2 aromatic carbocycles. The minimum Gasteiger partial charge on any atom is -0.354 e. The van der Waals surface area contributed by atoms with Crippen LogP contribution in [-0.4, -0.2) is 23.5 Å². The van der Waals surface area contributed by atoms with Gasteiger partial charge in [-0.25, -0.2) is 0 Å². The molecule has 2 aromatic rings. The van der Waals surface area contributed by atoms with Crippen LogP contribution in [0.25, 0.3) is 0 Å². The third-order valence-electron chi connectivity index (χ3n) is 3.78. The Morgan fingerprint density at radius 2 is 1.75 bits per heavy atom. The zero-order valence-corrected chi connectivity index (χ0v) is 16.0. The number of rotatable bonds is 9. The van der Waals surface area contributed by atoms with Crippen LogP contribution in [0.15, 0.2) is 54.6 Å². The quantitative estimate of drug-likeness (QED) is 0.660. The number of aryl methyl sites for hydroxylation is 1. The highest BCUT2D eigenvalue weighted by Crippen LogP contribution is 2.18. The van der Waals surface area contributed by atoms with Crippen molar-refractivity contribution in [2.24, 2.45) is 0 Å². The minimum absolute atomic E-state index is 0.0217.